The van der Waals surface area contributed by atoms with Gasteiger partial charge in [-0.3, -0.25) is 10.2 Å². The number of hydrazine groups is 1. The highest BCUT2D eigenvalue weighted by Gasteiger charge is 2.24. The number of nitrogens with one attached hydrogen (secondary N) is 2. The highest BCUT2D eigenvalue weighted by molar-refractivity contribution is 5.78. The minimum atomic E-state index is -0.117. The third-order valence-electron chi connectivity index (χ3n) is 2.09. The summed E-state index contributed by atoms with van der Waals surface area (Å²) in [4.78, 5) is 10.9. The van der Waals surface area contributed by atoms with Crippen molar-refractivity contribution < 1.29 is 9.90 Å². The summed E-state index contributed by atoms with van der Waals surface area (Å²) in [5.41, 5.74) is 6.05. The van der Waals surface area contributed by atoms with Crippen molar-refractivity contribution in [1.29, 1.82) is 0 Å². The Hall–Kier alpha value is -1.55. The Morgan fingerprint density at radius 3 is 2.77 bits per heavy atom. The maximum absolute atomic E-state index is 10.9. The first kappa shape index (κ1) is 8.07. The van der Waals surface area contributed by atoms with Crippen LogP contribution in [0.1, 0.15) is 18.0 Å². The predicted molar refractivity (Wildman–Crippen MR) is 46.7 cm³/mol. The molecule has 0 radical (unpaired) electrons. The van der Waals surface area contributed by atoms with E-state index in [2.05, 4.69) is 10.9 Å². The van der Waals surface area contributed by atoms with E-state index >= 15 is 0 Å². The van der Waals surface area contributed by atoms with E-state index in [-0.39, 0.29) is 17.7 Å². The zero-order valence-corrected chi connectivity index (χ0v) is 6.95. The van der Waals surface area contributed by atoms with Crippen LogP contribution in [-0.4, -0.2) is 11.0 Å². The summed E-state index contributed by atoms with van der Waals surface area (Å²) < 4.78 is 0. The molecule has 1 aromatic carbocycles. The van der Waals surface area contributed by atoms with Crippen molar-refractivity contribution in [3.63, 3.8) is 0 Å². The SMILES string of the molecule is O=C1CC(c2ccccc2O)NN1. The molecule has 1 amide bonds. The number of benzene rings is 1. The van der Waals surface area contributed by atoms with E-state index in [4.69, 9.17) is 0 Å². The van der Waals surface area contributed by atoms with Crippen molar-refractivity contribution >= 4 is 5.91 Å². The first-order valence-electron chi connectivity index (χ1n) is 4.09. The van der Waals surface area contributed by atoms with Crippen LogP contribution in [-0.2, 0) is 4.79 Å². The molecule has 0 spiro atoms. The standard InChI is InChI=1S/C9H10N2O2/c12-8-4-2-1-3-6(8)7-5-9(13)11-10-7/h1-4,7,10,12H,5H2,(H,11,13). The number of rotatable bonds is 1. The third kappa shape index (κ3) is 1.48. The lowest BCUT2D eigenvalue weighted by atomic mass is 10.0. The van der Waals surface area contributed by atoms with Gasteiger partial charge in [0, 0.05) is 12.0 Å². The Morgan fingerprint density at radius 1 is 1.38 bits per heavy atom. The molecular weight excluding hydrogens is 168 g/mol. The van der Waals surface area contributed by atoms with E-state index in [1.54, 1.807) is 18.2 Å². The smallest absolute Gasteiger partial charge is 0.236 e. The van der Waals surface area contributed by atoms with Crippen LogP contribution in [0, 0.1) is 0 Å². The molecule has 3 N–H and O–H groups in total. The molecule has 1 heterocycles. The summed E-state index contributed by atoms with van der Waals surface area (Å²) in [6, 6.07) is 6.88. The zero-order valence-electron chi connectivity index (χ0n) is 6.95. The summed E-state index contributed by atoms with van der Waals surface area (Å²) in [6.07, 6.45) is 0.373. The average Bonchev–Trinajstić information content (AvgIpc) is 2.53. The molecule has 0 aliphatic carbocycles. The van der Waals surface area contributed by atoms with Gasteiger partial charge in [-0.05, 0) is 6.07 Å². The van der Waals surface area contributed by atoms with Gasteiger partial charge in [0.15, 0.2) is 0 Å². The monoisotopic (exact) mass is 178 g/mol. The molecule has 1 fully saturated rings. The summed E-state index contributed by atoms with van der Waals surface area (Å²) >= 11 is 0. The maximum Gasteiger partial charge on any atom is 0.236 e. The molecule has 4 nitrogen and oxygen atoms in total. The highest BCUT2D eigenvalue weighted by Crippen LogP contribution is 2.27. The van der Waals surface area contributed by atoms with Gasteiger partial charge in [0.1, 0.15) is 5.75 Å². The summed E-state index contributed by atoms with van der Waals surface area (Å²) in [5, 5.41) is 9.48. The number of hydrogen-bond donors (Lipinski definition) is 3. The van der Waals surface area contributed by atoms with Crippen LogP contribution in [0.15, 0.2) is 24.3 Å². The number of amides is 1. The van der Waals surface area contributed by atoms with Crippen molar-refractivity contribution in [2.75, 3.05) is 0 Å². The molecular formula is C9H10N2O2. The lowest BCUT2D eigenvalue weighted by molar-refractivity contribution is -0.119. The van der Waals surface area contributed by atoms with Gasteiger partial charge in [-0.25, -0.2) is 5.43 Å². The van der Waals surface area contributed by atoms with Crippen molar-refractivity contribution in [2.45, 2.75) is 12.5 Å². The Kier molecular flexibility index (Phi) is 1.90. The number of aromatic hydroxyl groups is 1. The Balaban J connectivity index is 2.26. The summed E-state index contributed by atoms with van der Waals surface area (Å²) in [5.74, 6) is 0.171. The first-order valence-corrected chi connectivity index (χ1v) is 4.09. The van der Waals surface area contributed by atoms with Gasteiger partial charge in [-0.15, -0.1) is 0 Å². The first-order chi connectivity index (χ1) is 6.27. The molecule has 1 atom stereocenters. The molecule has 0 bridgehead atoms. The normalized spacial score (nSPS) is 21.5. The van der Waals surface area contributed by atoms with Gasteiger partial charge >= 0.3 is 0 Å². The highest BCUT2D eigenvalue weighted by atomic mass is 16.3. The Labute approximate surface area is 75.5 Å². The predicted octanol–water partition coefficient (Wildman–Crippen LogP) is 0.458. The van der Waals surface area contributed by atoms with E-state index in [1.165, 1.54) is 0 Å². The van der Waals surface area contributed by atoms with Gasteiger partial charge in [0.25, 0.3) is 0 Å². The van der Waals surface area contributed by atoms with Crippen LogP contribution in [0.4, 0.5) is 0 Å². The molecule has 4 heteroatoms. The number of carbonyl (C=O) groups is 1. The van der Waals surface area contributed by atoms with Crippen LogP contribution < -0.4 is 10.9 Å². The van der Waals surface area contributed by atoms with Crippen molar-refractivity contribution in [3.05, 3.63) is 29.8 Å². The van der Waals surface area contributed by atoms with E-state index < -0.39 is 0 Å². The van der Waals surface area contributed by atoms with Crippen LogP contribution in [0.2, 0.25) is 0 Å². The van der Waals surface area contributed by atoms with Gasteiger partial charge < -0.3 is 5.11 Å². The number of phenolic OH excluding ortho intramolecular Hbond substituents is 1. The maximum atomic E-state index is 10.9. The second-order valence-corrected chi connectivity index (χ2v) is 3.01. The molecule has 1 aliphatic heterocycles. The van der Waals surface area contributed by atoms with Crippen LogP contribution in [0.25, 0.3) is 0 Å². The van der Waals surface area contributed by atoms with E-state index in [0.717, 1.165) is 5.56 Å². The van der Waals surface area contributed by atoms with Gasteiger partial charge in [0.2, 0.25) is 5.91 Å². The topological polar surface area (TPSA) is 61.4 Å². The molecule has 1 unspecified atom stereocenters. The lowest BCUT2D eigenvalue weighted by Gasteiger charge is -2.09. The average molecular weight is 178 g/mol. The summed E-state index contributed by atoms with van der Waals surface area (Å²) in [6.45, 7) is 0. The molecule has 1 aliphatic rings. The van der Waals surface area contributed by atoms with Gasteiger partial charge in [-0.1, -0.05) is 18.2 Å². The fourth-order valence-electron chi connectivity index (χ4n) is 1.42. The minimum Gasteiger partial charge on any atom is -0.508 e. The second-order valence-electron chi connectivity index (χ2n) is 3.01. The molecule has 0 saturated carbocycles. The summed E-state index contributed by atoms with van der Waals surface area (Å²) in [7, 11) is 0. The molecule has 13 heavy (non-hydrogen) atoms. The van der Waals surface area contributed by atoms with Gasteiger partial charge in [-0.2, -0.15) is 0 Å². The van der Waals surface area contributed by atoms with Crippen LogP contribution in [0.5, 0.6) is 5.75 Å². The number of para-hydroxylation sites is 1. The van der Waals surface area contributed by atoms with Gasteiger partial charge in [0.05, 0.1) is 6.04 Å². The Morgan fingerprint density at radius 2 is 2.15 bits per heavy atom. The van der Waals surface area contributed by atoms with Crippen LogP contribution in [0.3, 0.4) is 0 Å². The number of phenols is 1. The van der Waals surface area contributed by atoms with Crippen LogP contribution >= 0.6 is 0 Å². The van der Waals surface area contributed by atoms with Crippen molar-refractivity contribution in [1.82, 2.24) is 10.9 Å². The third-order valence-corrected chi connectivity index (χ3v) is 2.09. The fourth-order valence-corrected chi connectivity index (χ4v) is 1.42. The molecule has 1 saturated heterocycles. The van der Waals surface area contributed by atoms with E-state index in [1.807, 2.05) is 6.07 Å². The van der Waals surface area contributed by atoms with Crippen molar-refractivity contribution in [2.24, 2.45) is 0 Å². The van der Waals surface area contributed by atoms with E-state index in [9.17, 15) is 9.90 Å². The minimum absolute atomic E-state index is 0.0479. The second kappa shape index (κ2) is 3.06. The molecule has 1 aromatic rings. The quantitative estimate of drug-likeness (QED) is 0.585. The molecule has 0 aromatic heterocycles. The fraction of sp³-hybridized carbons (Fsp3) is 0.222. The number of carbonyl (C=O) groups excluding carboxylic acids is 1. The Bertz CT molecular complexity index is 338. The van der Waals surface area contributed by atoms with Crippen molar-refractivity contribution in [3.8, 4) is 5.75 Å². The molecule has 2 rings (SSSR count). The lowest BCUT2D eigenvalue weighted by Crippen LogP contribution is -2.27. The zero-order chi connectivity index (χ0) is 9.26. The number of hydrogen-bond acceptors (Lipinski definition) is 3. The molecule has 68 valence electrons. The largest absolute Gasteiger partial charge is 0.508 e. The van der Waals surface area contributed by atoms with E-state index in [0.29, 0.717) is 6.42 Å².